The molecule has 0 saturated carbocycles. The summed E-state index contributed by atoms with van der Waals surface area (Å²) in [7, 11) is 1.80. The van der Waals surface area contributed by atoms with Crippen LogP contribution in [0.1, 0.15) is 37.7 Å². The van der Waals surface area contributed by atoms with Gasteiger partial charge < -0.3 is 30.2 Å². The molecule has 3 N–H and O–H groups in total. The quantitative estimate of drug-likeness (QED) is 0.492. The summed E-state index contributed by atoms with van der Waals surface area (Å²) in [6.07, 6.45) is 6.08. The van der Waals surface area contributed by atoms with Crippen LogP contribution in [-0.2, 0) is 20.8 Å². The summed E-state index contributed by atoms with van der Waals surface area (Å²) < 4.78 is 17.2. The number of benzene rings is 1. The fourth-order valence-electron chi connectivity index (χ4n) is 3.83. The number of likely N-dealkylation sites (tertiary alicyclic amines) is 1. The van der Waals surface area contributed by atoms with E-state index in [1.54, 1.807) is 7.05 Å². The molecule has 2 aliphatic rings. The van der Waals surface area contributed by atoms with Crippen LogP contribution in [-0.4, -0.2) is 68.9 Å². The Hall–Kier alpha value is -2.32. The van der Waals surface area contributed by atoms with E-state index in [0.717, 1.165) is 50.5 Å². The highest BCUT2D eigenvalue weighted by atomic mass is 16.5. The van der Waals surface area contributed by atoms with Gasteiger partial charge in [0.05, 0.1) is 18.8 Å². The molecule has 0 aliphatic carbocycles. The number of nitrogens with one attached hydrogen (secondary N) is 1. The molecule has 2 aliphatic heterocycles. The van der Waals surface area contributed by atoms with Crippen molar-refractivity contribution in [3.63, 3.8) is 0 Å². The number of carbonyl (C=O) groups excluding carboxylic acids is 1. The van der Waals surface area contributed by atoms with Crippen molar-refractivity contribution in [2.75, 3.05) is 40.0 Å². The molecule has 1 aromatic rings. The second-order valence-corrected chi connectivity index (χ2v) is 7.81. The normalized spacial score (nSPS) is 20.8. The Morgan fingerprint density at radius 1 is 1.30 bits per heavy atom. The third kappa shape index (κ3) is 7.18. The monoisotopic (exact) mass is 418 g/mol. The maximum Gasteiger partial charge on any atom is 0.255 e. The predicted molar refractivity (Wildman–Crippen MR) is 115 cm³/mol. The van der Waals surface area contributed by atoms with Crippen molar-refractivity contribution in [2.45, 2.75) is 50.9 Å². The number of nitrogens with zero attached hydrogens (tertiary/aromatic N) is 2. The van der Waals surface area contributed by atoms with Gasteiger partial charge in [-0.2, -0.15) is 0 Å². The van der Waals surface area contributed by atoms with Crippen molar-refractivity contribution in [1.29, 1.82) is 0 Å². The van der Waals surface area contributed by atoms with Crippen LogP contribution in [0.2, 0.25) is 0 Å². The lowest BCUT2D eigenvalue weighted by atomic mass is 10.1. The number of amides is 1. The highest BCUT2D eigenvalue weighted by Crippen LogP contribution is 2.18. The van der Waals surface area contributed by atoms with Gasteiger partial charge in [0.1, 0.15) is 5.75 Å². The Labute approximate surface area is 178 Å². The summed E-state index contributed by atoms with van der Waals surface area (Å²) in [6, 6.07) is 7.61. The van der Waals surface area contributed by atoms with E-state index in [1.807, 2.05) is 24.3 Å². The Morgan fingerprint density at radius 2 is 2.13 bits per heavy atom. The Balaban J connectivity index is 1.40. The molecule has 1 aromatic carbocycles. The minimum absolute atomic E-state index is 0.123. The maximum absolute atomic E-state index is 10.9. The van der Waals surface area contributed by atoms with Crippen LogP contribution in [0.25, 0.3) is 0 Å². The highest BCUT2D eigenvalue weighted by Gasteiger charge is 2.23. The molecule has 1 unspecified atom stereocenters. The fraction of sp³-hybridized carbons (Fsp3) is 0.636. The van der Waals surface area contributed by atoms with Gasteiger partial charge in [0, 0.05) is 33.3 Å². The van der Waals surface area contributed by atoms with E-state index in [2.05, 4.69) is 15.2 Å². The van der Waals surface area contributed by atoms with Crippen LogP contribution in [0.15, 0.2) is 29.3 Å². The van der Waals surface area contributed by atoms with Gasteiger partial charge in [0.2, 0.25) is 0 Å². The van der Waals surface area contributed by atoms with Crippen molar-refractivity contribution in [3.8, 4) is 5.75 Å². The maximum atomic E-state index is 10.9. The van der Waals surface area contributed by atoms with Gasteiger partial charge in [-0.3, -0.25) is 9.79 Å². The molecule has 8 heteroatoms. The lowest BCUT2D eigenvalue weighted by Gasteiger charge is -2.35. The van der Waals surface area contributed by atoms with E-state index in [-0.39, 0.29) is 12.7 Å². The SMILES string of the molecule is CN=C(NCc1cccc(OCC(N)=O)c1)N1CCC(OCC2CCCCO2)CC1. The van der Waals surface area contributed by atoms with Crippen molar-refractivity contribution in [2.24, 2.45) is 10.7 Å². The Bertz CT molecular complexity index is 698. The zero-order valence-electron chi connectivity index (χ0n) is 17.8. The van der Waals surface area contributed by atoms with E-state index in [4.69, 9.17) is 19.9 Å². The van der Waals surface area contributed by atoms with Crippen LogP contribution in [0.4, 0.5) is 0 Å². The second kappa shape index (κ2) is 11.8. The number of nitrogens with two attached hydrogens (primary N) is 1. The number of hydrogen-bond acceptors (Lipinski definition) is 5. The largest absolute Gasteiger partial charge is 0.484 e. The van der Waals surface area contributed by atoms with Gasteiger partial charge >= 0.3 is 0 Å². The number of guanidine groups is 1. The first kappa shape index (κ1) is 22.4. The molecule has 0 radical (unpaired) electrons. The first-order valence-electron chi connectivity index (χ1n) is 10.8. The molecule has 0 bridgehead atoms. The van der Waals surface area contributed by atoms with Crippen molar-refractivity contribution < 1.29 is 19.0 Å². The van der Waals surface area contributed by atoms with Gasteiger partial charge in [-0.1, -0.05) is 12.1 Å². The molecule has 2 saturated heterocycles. The number of carbonyl (C=O) groups is 1. The number of rotatable bonds is 8. The van der Waals surface area contributed by atoms with Gasteiger partial charge in [-0.05, 0) is 49.8 Å². The Morgan fingerprint density at radius 3 is 2.83 bits per heavy atom. The van der Waals surface area contributed by atoms with E-state index in [0.29, 0.717) is 25.0 Å². The minimum Gasteiger partial charge on any atom is -0.484 e. The average Bonchev–Trinajstić information content (AvgIpc) is 2.78. The van der Waals surface area contributed by atoms with E-state index >= 15 is 0 Å². The standard InChI is InChI=1S/C22H34N4O4/c1-24-22(25-14-17-5-4-7-19(13-17)30-16-21(23)27)26-10-8-18(9-11-26)29-15-20-6-2-3-12-28-20/h4-5,7,13,18,20H,2-3,6,8-12,14-16H2,1H3,(H2,23,27)(H,24,25). The molecule has 0 spiro atoms. The summed E-state index contributed by atoms with van der Waals surface area (Å²) in [5.74, 6) is 1.02. The number of piperidine rings is 1. The zero-order valence-corrected chi connectivity index (χ0v) is 17.8. The topological polar surface area (TPSA) is 98.4 Å². The third-order valence-electron chi connectivity index (χ3n) is 5.48. The van der Waals surface area contributed by atoms with Crippen molar-refractivity contribution >= 4 is 11.9 Å². The minimum atomic E-state index is -0.488. The van der Waals surface area contributed by atoms with Crippen LogP contribution >= 0.6 is 0 Å². The lowest BCUT2D eigenvalue weighted by Crippen LogP contribution is -2.47. The predicted octanol–water partition coefficient (Wildman–Crippen LogP) is 1.68. The first-order chi connectivity index (χ1) is 14.6. The summed E-state index contributed by atoms with van der Waals surface area (Å²) in [5.41, 5.74) is 6.18. The smallest absolute Gasteiger partial charge is 0.255 e. The molecule has 1 atom stereocenters. The van der Waals surface area contributed by atoms with E-state index < -0.39 is 5.91 Å². The van der Waals surface area contributed by atoms with Crippen molar-refractivity contribution in [1.82, 2.24) is 10.2 Å². The molecule has 2 fully saturated rings. The molecule has 2 heterocycles. The third-order valence-corrected chi connectivity index (χ3v) is 5.48. The highest BCUT2D eigenvalue weighted by molar-refractivity contribution is 5.80. The van der Waals surface area contributed by atoms with Gasteiger partial charge in [-0.15, -0.1) is 0 Å². The summed E-state index contributed by atoms with van der Waals surface area (Å²) >= 11 is 0. The first-order valence-corrected chi connectivity index (χ1v) is 10.8. The molecular formula is C22H34N4O4. The van der Waals surface area contributed by atoms with Crippen LogP contribution in [0.5, 0.6) is 5.75 Å². The number of aliphatic imine (C=N–C) groups is 1. The zero-order chi connectivity index (χ0) is 21.2. The molecule has 166 valence electrons. The van der Waals surface area contributed by atoms with Gasteiger partial charge in [0.25, 0.3) is 5.91 Å². The molecular weight excluding hydrogens is 384 g/mol. The number of primary amides is 1. The van der Waals surface area contributed by atoms with Gasteiger partial charge in [0.15, 0.2) is 12.6 Å². The fourth-order valence-corrected chi connectivity index (χ4v) is 3.83. The van der Waals surface area contributed by atoms with Crippen LogP contribution in [0.3, 0.4) is 0 Å². The van der Waals surface area contributed by atoms with E-state index in [1.165, 1.54) is 12.8 Å². The van der Waals surface area contributed by atoms with Crippen LogP contribution < -0.4 is 15.8 Å². The van der Waals surface area contributed by atoms with Crippen LogP contribution in [0, 0.1) is 0 Å². The number of hydrogen-bond donors (Lipinski definition) is 2. The Kier molecular flexibility index (Phi) is 8.77. The number of ether oxygens (including phenoxy) is 3. The van der Waals surface area contributed by atoms with Gasteiger partial charge in [-0.25, -0.2) is 0 Å². The van der Waals surface area contributed by atoms with Crippen molar-refractivity contribution in [3.05, 3.63) is 29.8 Å². The summed E-state index contributed by atoms with van der Waals surface area (Å²) in [6.45, 7) is 3.91. The molecule has 3 rings (SSSR count). The summed E-state index contributed by atoms with van der Waals surface area (Å²) in [5, 5.41) is 3.41. The molecule has 0 aromatic heterocycles. The lowest BCUT2D eigenvalue weighted by molar-refractivity contribution is -0.119. The molecule has 8 nitrogen and oxygen atoms in total. The van der Waals surface area contributed by atoms with E-state index in [9.17, 15) is 4.79 Å². The summed E-state index contributed by atoms with van der Waals surface area (Å²) in [4.78, 5) is 17.6. The second-order valence-electron chi connectivity index (χ2n) is 7.81. The average molecular weight is 419 g/mol. The molecule has 30 heavy (non-hydrogen) atoms. The molecule has 1 amide bonds.